The number of rotatable bonds is 5. The second-order valence-electron chi connectivity index (χ2n) is 11.5. The summed E-state index contributed by atoms with van der Waals surface area (Å²) >= 11 is 0. The van der Waals surface area contributed by atoms with E-state index in [0.29, 0.717) is 0 Å². The summed E-state index contributed by atoms with van der Waals surface area (Å²) < 4.78 is 0. The van der Waals surface area contributed by atoms with E-state index in [1.54, 1.807) is 0 Å². The number of benzene rings is 5. The zero-order valence-electron chi connectivity index (χ0n) is 22.5. The summed E-state index contributed by atoms with van der Waals surface area (Å²) in [4.78, 5) is 0. The number of anilines is 1. The molecule has 38 heavy (non-hydrogen) atoms. The molecule has 1 aliphatic rings. The van der Waals surface area contributed by atoms with Crippen molar-refractivity contribution in [3.63, 3.8) is 0 Å². The van der Waals surface area contributed by atoms with Crippen molar-refractivity contribution < 1.29 is 0 Å². The van der Waals surface area contributed by atoms with Crippen molar-refractivity contribution in [2.24, 2.45) is 0 Å². The fraction of sp³-hybridized carbons (Fsp3) is 0.189. The van der Waals surface area contributed by atoms with Crippen molar-refractivity contribution in [1.82, 2.24) is 0 Å². The molecule has 6 rings (SSSR count). The minimum atomic E-state index is -0.455. The molecule has 0 radical (unpaired) electrons. The minimum absolute atomic E-state index is 0.0194. The Labute approximate surface area is 227 Å². The molecular formula is C37H35N. The number of hydrogen-bond acceptors (Lipinski definition) is 1. The first-order valence-electron chi connectivity index (χ1n) is 13.6. The Morgan fingerprint density at radius 3 is 1.45 bits per heavy atom. The highest BCUT2D eigenvalue weighted by Crippen LogP contribution is 2.51. The summed E-state index contributed by atoms with van der Waals surface area (Å²) in [6, 6.07) is 51.1. The van der Waals surface area contributed by atoms with E-state index in [4.69, 9.17) is 0 Å². The van der Waals surface area contributed by atoms with Crippen LogP contribution in [0.2, 0.25) is 0 Å². The SMILES string of the molecule is CC1(C)C[C@](C)(c2ccccc2)c2cc(C(c3ccccc3)(c3ccccc3)c3ccccc3)ccc2N1. The first-order valence-corrected chi connectivity index (χ1v) is 13.6. The van der Waals surface area contributed by atoms with Gasteiger partial charge in [0.2, 0.25) is 0 Å². The van der Waals surface area contributed by atoms with E-state index in [2.05, 4.69) is 166 Å². The standard InChI is InChI=1S/C37H35N/c1-35(2)27-36(3,28-16-8-4-9-17-28)33-26-32(24-25-34(33)38-35)37(29-18-10-5-11-19-29,30-20-12-6-13-21-30)31-22-14-7-15-23-31/h4-26,38H,27H2,1-3H3/t36-/m1/s1. The minimum Gasteiger partial charge on any atom is -0.380 e. The number of fused-ring (bicyclic) bond motifs is 1. The molecule has 0 aromatic heterocycles. The summed E-state index contributed by atoms with van der Waals surface area (Å²) in [5.74, 6) is 0. The van der Waals surface area contributed by atoms with Gasteiger partial charge in [0.05, 0.1) is 5.41 Å². The Hall–Kier alpha value is -4.10. The highest BCUT2D eigenvalue weighted by molar-refractivity contribution is 5.68. The molecule has 1 heteroatoms. The van der Waals surface area contributed by atoms with E-state index in [1.807, 2.05) is 0 Å². The molecular weight excluding hydrogens is 458 g/mol. The summed E-state index contributed by atoms with van der Waals surface area (Å²) in [7, 11) is 0. The quantitative estimate of drug-likeness (QED) is 0.241. The van der Waals surface area contributed by atoms with Crippen molar-refractivity contribution in [1.29, 1.82) is 0 Å². The second-order valence-corrected chi connectivity index (χ2v) is 11.5. The predicted octanol–water partition coefficient (Wildman–Crippen LogP) is 8.97. The van der Waals surface area contributed by atoms with Crippen molar-refractivity contribution in [2.45, 2.75) is 43.6 Å². The van der Waals surface area contributed by atoms with Gasteiger partial charge in [-0.2, -0.15) is 0 Å². The van der Waals surface area contributed by atoms with E-state index in [0.717, 1.165) is 6.42 Å². The molecule has 0 spiro atoms. The first kappa shape index (κ1) is 24.2. The molecule has 1 atom stereocenters. The van der Waals surface area contributed by atoms with E-state index in [9.17, 15) is 0 Å². The van der Waals surface area contributed by atoms with Gasteiger partial charge in [0.1, 0.15) is 0 Å². The van der Waals surface area contributed by atoms with Gasteiger partial charge in [-0.25, -0.2) is 0 Å². The third-order valence-electron chi connectivity index (χ3n) is 8.35. The molecule has 1 N–H and O–H groups in total. The van der Waals surface area contributed by atoms with Gasteiger partial charge in [0, 0.05) is 16.6 Å². The normalized spacial score (nSPS) is 18.3. The van der Waals surface area contributed by atoms with Crippen LogP contribution in [0, 0.1) is 0 Å². The highest BCUT2D eigenvalue weighted by atomic mass is 15.0. The first-order chi connectivity index (χ1) is 18.4. The molecule has 1 aliphatic heterocycles. The highest BCUT2D eigenvalue weighted by Gasteiger charge is 2.44. The van der Waals surface area contributed by atoms with Crippen molar-refractivity contribution >= 4 is 5.69 Å². The van der Waals surface area contributed by atoms with Crippen LogP contribution in [0.5, 0.6) is 0 Å². The van der Waals surface area contributed by atoms with Gasteiger partial charge in [-0.15, -0.1) is 0 Å². The topological polar surface area (TPSA) is 12.0 Å². The van der Waals surface area contributed by atoms with Gasteiger partial charge in [0.15, 0.2) is 0 Å². The third-order valence-corrected chi connectivity index (χ3v) is 8.35. The van der Waals surface area contributed by atoms with Gasteiger partial charge < -0.3 is 5.32 Å². The van der Waals surface area contributed by atoms with Crippen LogP contribution in [0.25, 0.3) is 0 Å². The van der Waals surface area contributed by atoms with Crippen LogP contribution in [-0.4, -0.2) is 5.54 Å². The lowest BCUT2D eigenvalue weighted by atomic mass is 9.62. The Morgan fingerprint density at radius 2 is 0.974 bits per heavy atom. The Bertz CT molecular complexity index is 1430. The molecule has 188 valence electrons. The van der Waals surface area contributed by atoms with E-state index >= 15 is 0 Å². The average Bonchev–Trinajstić information content (AvgIpc) is 2.95. The average molecular weight is 494 g/mol. The number of hydrogen-bond donors (Lipinski definition) is 1. The van der Waals surface area contributed by atoms with E-state index in [1.165, 1.54) is 39.1 Å². The molecule has 0 fully saturated rings. The van der Waals surface area contributed by atoms with Crippen LogP contribution < -0.4 is 5.32 Å². The largest absolute Gasteiger partial charge is 0.380 e. The van der Waals surface area contributed by atoms with Gasteiger partial charge in [0.25, 0.3) is 0 Å². The van der Waals surface area contributed by atoms with Crippen LogP contribution in [0.4, 0.5) is 5.69 Å². The Balaban J connectivity index is 1.69. The molecule has 0 aliphatic carbocycles. The van der Waals surface area contributed by atoms with Crippen molar-refractivity contribution in [2.75, 3.05) is 5.32 Å². The Morgan fingerprint density at radius 1 is 0.526 bits per heavy atom. The molecule has 5 aromatic carbocycles. The van der Waals surface area contributed by atoms with Crippen LogP contribution in [0.15, 0.2) is 140 Å². The molecule has 0 amide bonds. The zero-order valence-corrected chi connectivity index (χ0v) is 22.5. The van der Waals surface area contributed by atoms with Crippen LogP contribution in [0.3, 0.4) is 0 Å². The van der Waals surface area contributed by atoms with Gasteiger partial charge >= 0.3 is 0 Å². The fourth-order valence-electron chi connectivity index (χ4n) is 6.86. The lowest BCUT2D eigenvalue weighted by Crippen LogP contribution is -2.45. The van der Waals surface area contributed by atoms with Gasteiger partial charge in [-0.05, 0) is 59.7 Å². The zero-order chi connectivity index (χ0) is 26.2. The molecule has 1 heterocycles. The van der Waals surface area contributed by atoms with Crippen molar-refractivity contribution in [3.8, 4) is 0 Å². The summed E-state index contributed by atoms with van der Waals surface area (Å²) in [5.41, 5.74) is 8.41. The van der Waals surface area contributed by atoms with Gasteiger partial charge in [-0.1, -0.05) is 140 Å². The van der Waals surface area contributed by atoms with Crippen LogP contribution in [-0.2, 0) is 10.8 Å². The Kier molecular flexibility index (Phi) is 5.95. The fourth-order valence-corrected chi connectivity index (χ4v) is 6.86. The smallest absolute Gasteiger partial charge is 0.0701 e. The van der Waals surface area contributed by atoms with Crippen molar-refractivity contribution in [3.05, 3.63) is 173 Å². The monoisotopic (exact) mass is 493 g/mol. The third kappa shape index (κ3) is 3.94. The number of nitrogens with one attached hydrogen (secondary N) is 1. The second kappa shape index (κ2) is 9.33. The maximum Gasteiger partial charge on any atom is 0.0701 e. The predicted molar refractivity (Wildman–Crippen MR) is 160 cm³/mol. The summed E-state index contributed by atoms with van der Waals surface area (Å²) in [6.07, 6.45) is 1.01. The molecule has 0 unspecified atom stereocenters. The molecule has 0 saturated heterocycles. The van der Waals surface area contributed by atoms with Gasteiger partial charge in [-0.3, -0.25) is 0 Å². The molecule has 0 saturated carbocycles. The van der Waals surface area contributed by atoms with Crippen LogP contribution >= 0.6 is 0 Å². The molecule has 1 nitrogen and oxygen atoms in total. The molecule has 5 aromatic rings. The maximum atomic E-state index is 3.86. The summed E-state index contributed by atoms with van der Waals surface area (Å²) in [5, 5.41) is 3.86. The lowest BCUT2D eigenvalue weighted by Gasteiger charge is -2.47. The van der Waals surface area contributed by atoms with E-state index < -0.39 is 5.41 Å². The maximum absolute atomic E-state index is 3.86. The summed E-state index contributed by atoms with van der Waals surface area (Å²) in [6.45, 7) is 7.04. The lowest BCUT2D eigenvalue weighted by molar-refractivity contribution is 0.378. The van der Waals surface area contributed by atoms with E-state index in [-0.39, 0.29) is 11.0 Å². The molecule has 0 bridgehead atoms. The van der Waals surface area contributed by atoms with Crippen LogP contribution in [0.1, 0.15) is 60.6 Å².